The first-order chi connectivity index (χ1) is 9.61. The van der Waals surface area contributed by atoms with E-state index in [1.807, 2.05) is 13.0 Å². The summed E-state index contributed by atoms with van der Waals surface area (Å²) in [6.07, 6.45) is 5.93. The second-order valence-corrected chi connectivity index (χ2v) is 6.95. The van der Waals surface area contributed by atoms with Crippen LogP contribution in [-0.4, -0.2) is 37.2 Å². The molecule has 0 atom stereocenters. The summed E-state index contributed by atoms with van der Waals surface area (Å²) in [5.74, 6) is 1.55. The molecule has 1 aromatic rings. The molecule has 2 rings (SSSR count). The molecule has 1 aromatic heterocycles. The third-order valence-electron chi connectivity index (χ3n) is 3.29. The Morgan fingerprint density at radius 3 is 2.75 bits per heavy atom. The third kappa shape index (κ3) is 4.42. The fourth-order valence-corrected chi connectivity index (χ4v) is 3.32. The molecule has 1 aliphatic rings. The van der Waals surface area contributed by atoms with E-state index in [1.54, 1.807) is 6.20 Å². The number of piperidine rings is 1. The van der Waals surface area contributed by atoms with Gasteiger partial charge in [0, 0.05) is 19.3 Å². The zero-order valence-corrected chi connectivity index (χ0v) is 12.7. The first-order valence-corrected chi connectivity index (χ1v) is 8.80. The highest BCUT2D eigenvalue weighted by molar-refractivity contribution is 7.89. The van der Waals surface area contributed by atoms with Crippen molar-refractivity contribution in [2.75, 3.05) is 23.7 Å². The largest absolute Gasteiger partial charge is 0.357 e. The van der Waals surface area contributed by atoms with Crippen LogP contribution in [-0.2, 0) is 16.6 Å². The first kappa shape index (κ1) is 15.2. The standard InChI is InChI=1S/C13H22N4O2S/c1-2-10-20(18,19)15-11-12-14-7-6-13(16-12)17-8-4-3-5-9-17/h6-7,15H,2-5,8-11H2,1H3. The van der Waals surface area contributed by atoms with Crippen molar-refractivity contribution in [1.29, 1.82) is 0 Å². The average molecular weight is 298 g/mol. The van der Waals surface area contributed by atoms with E-state index in [9.17, 15) is 8.42 Å². The maximum Gasteiger partial charge on any atom is 0.211 e. The predicted octanol–water partition coefficient (Wildman–Crippen LogP) is 1.30. The minimum absolute atomic E-state index is 0.138. The van der Waals surface area contributed by atoms with Gasteiger partial charge in [0.2, 0.25) is 10.0 Å². The monoisotopic (exact) mass is 298 g/mol. The van der Waals surface area contributed by atoms with Crippen LogP contribution in [0.25, 0.3) is 0 Å². The molecule has 1 saturated heterocycles. The van der Waals surface area contributed by atoms with Gasteiger partial charge in [0.25, 0.3) is 0 Å². The zero-order chi connectivity index (χ0) is 14.4. The van der Waals surface area contributed by atoms with Gasteiger partial charge in [-0.05, 0) is 31.7 Å². The van der Waals surface area contributed by atoms with Crippen LogP contribution in [0.4, 0.5) is 5.82 Å². The highest BCUT2D eigenvalue weighted by atomic mass is 32.2. The van der Waals surface area contributed by atoms with Gasteiger partial charge in [0.05, 0.1) is 12.3 Å². The maximum absolute atomic E-state index is 11.6. The molecule has 20 heavy (non-hydrogen) atoms. The molecular formula is C13H22N4O2S. The van der Waals surface area contributed by atoms with Crippen LogP contribution in [0.2, 0.25) is 0 Å². The van der Waals surface area contributed by atoms with E-state index in [-0.39, 0.29) is 12.3 Å². The fraction of sp³-hybridized carbons (Fsp3) is 0.692. The summed E-state index contributed by atoms with van der Waals surface area (Å²) in [7, 11) is -3.21. The van der Waals surface area contributed by atoms with E-state index in [0.717, 1.165) is 18.9 Å². The normalized spacial score (nSPS) is 16.4. The molecule has 7 heteroatoms. The lowest BCUT2D eigenvalue weighted by Crippen LogP contribution is -2.31. The lowest BCUT2D eigenvalue weighted by atomic mass is 10.1. The molecule has 0 amide bonds. The van der Waals surface area contributed by atoms with Crippen LogP contribution in [0.3, 0.4) is 0 Å². The summed E-state index contributed by atoms with van der Waals surface area (Å²) in [5.41, 5.74) is 0. The van der Waals surface area contributed by atoms with E-state index < -0.39 is 10.0 Å². The van der Waals surface area contributed by atoms with Gasteiger partial charge in [-0.15, -0.1) is 0 Å². The first-order valence-electron chi connectivity index (χ1n) is 7.15. The summed E-state index contributed by atoms with van der Waals surface area (Å²) < 4.78 is 25.8. The molecule has 0 aliphatic carbocycles. The van der Waals surface area contributed by atoms with Crippen LogP contribution in [0.5, 0.6) is 0 Å². The molecule has 0 radical (unpaired) electrons. The molecule has 0 unspecified atom stereocenters. The Morgan fingerprint density at radius 2 is 2.05 bits per heavy atom. The second-order valence-electron chi connectivity index (χ2n) is 5.02. The summed E-state index contributed by atoms with van der Waals surface area (Å²) in [6, 6.07) is 1.88. The SMILES string of the molecule is CCCS(=O)(=O)NCc1nccc(N2CCCCC2)n1. The molecule has 112 valence electrons. The van der Waals surface area contributed by atoms with Crippen LogP contribution in [0, 0.1) is 0 Å². The number of anilines is 1. The minimum atomic E-state index is -3.21. The Balaban J connectivity index is 1.99. The number of hydrogen-bond donors (Lipinski definition) is 1. The average Bonchev–Trinajstić information content (AvgIpc) is 2.47. The third-order valence-corrected chi connectivity index (χ3v) is 4.82. The van der Waals surface area contributed by atoms with E-state index in [2.05, 4.69) is 19.6 Å². The number of rotatable bonds is 6. The van der Waals surface area contributed by atoms with Crippen molar-refractivity contribution in [2.45, 2.75) is 39.2 Å². The summed E-state index contributed by atoms with van der Waals surface area (Å²) in [6.45, 7) is 4.02. The van der Waals surface area contributed by atoms with Crippen molar-refractivity contribution in [2.24, 2.45) is 0 Å². The number of aromatic nitrogens is 2. The topological polar surface area (TPSA) is 75.2 Å². The van der Waals surface area contributed by atoms with E-state index in [0.29, 0.717) is 12.2 Å². The highest BCUT2D eigenvalue weighted by Gasteiger charge is 2.14. The summed E-state index contributed by atoms with van der Waals surface area (Å²) >= 11 is 0. The van der Waals surface area contributed by atoms with Gasteiger partial charge < -0.3 is 4.90 Å². The lowest BCUT2D eigenvalue weighted by molar-refractivity contribution is 0.569. The van der Waals surface area contributed by atoms with Crippen LogP contribution >= 0.6 is 0 Å². The van der Waals surface area contributed by atoms with Gasteiger partial charge in [-0.2, -0.15) is 0 Å². The van der Waals surface area contributed by atoms with Gasteiger partial charge in [0.15, 0.2) is 0 Å². The fourth-order valence-electron chi connectivity index (χ4n) is 2.29. The summed E-state index contributed by atoms with van der Waals surface area (Å²) in [4.78, 5) is 10.8. The van der Waals surface area contributed by atoms with Crippen molar-refractivity contribution in [3.63, 3.8) is 0 Å². The van der Waals surface area contributed by atoms with E-state index in [1.165, 1.54) is 19.3 Å². The molecular weight excluding hydrogens is 276 g/mol. The Hall–Kier alpha value is -1.21. The number of sulfonamides is 1. The minimum Gasteiger partial charge on any atom is -0.357 e. The van der Waals surface area contributed by atoms with Crippen LogP contribution < -0.4 is 9.62 Å². The van der Waals surface area contributed by atoms with Gasteiger partial charge in [-0.25, -0.2) is 23.1 Å². The van der Waals surface area contributed by atoms with E-state index in [4.69, 9.17) is 0 Å². The zero-order valence-electron chi connectivity index (χ0n) is 11.9. The molecule has 1 aliphatic heterocycles. The maximum atomic E-state index is 11.6. The van der Waals surface area contributed by atoms with Crippen molar-refractivity contribution in [3.05, 3.63) is 18.1 Å². The van der Waals surface area contributed by atoms with Gasteiger partial charge >= 0.3 is 0 Å². The molecule has 1 N–H and O–H groups in total. The molecule has 2 heterocycles. The second kappa shape index (κ2) is 6.99. The van der Waals surface area contributed by atoms with Crippen molar-refractivity contribution in [3.8, 4) is 0 Å². The molecule has 0 saturated carbocycles. The van der Waals surface area contributed by atoms with Crippen LogP contribution in [0.15, 0.2) is 12.3 Å². The Kier molecular flexibility index (Phi) is 5.31. The van der Waals surface area contributed by atoms with Crippen molar-refractivity contribution >= 4 is 15.8 Å². The van der Waals surface area contributed by atoms with Gasteiger partial charge in [0.1, 0.15) is 11.6 Å². The smallest absolute Gasteiger partial charge is 0.211 e. The van der Waals surface area contributed by atoms with Gasteiger partial charge in [-0.3, -0.25) is 0 Å². The van der Waals surface area contributed by atoms with Crippen molar-refractivity contribution < 1.29 is 8.42 Å². The molecule has 0 aromatic carbocycles. The van der Waals surface area contributed by atoms with E-state index >= 15 is 0 Å². The molecule has 6 nitrogen and oxygen atoms in total. The Labute approximate surface area is 120 Å². The molecule has 0 bridgehead atoms. The number of hydrogen-bond acceptors (Lipinski definition) is 5. The van der Waals surface area contributed by atoms with Crippen LogP contribution in [0.1, 0.15) is 38.4 Å². The molecule has 1 fully saturated rings. The number of nitrogens with one attached hydrogen (secondary N) is 1. The van der Waals surface area contributed by atoms with Gasteiger partial charge in [-0.1, -0.05) is 6.92 Å². The van der Waals surface area contributed by atoms with Crippen molar-refractivity contribution in [1.82, 2.24) is 14.7 Å². The lowest BCUT2D eigenvalue weighted by Gasteiger charge is -2.27. The predicted molar refractivity (Wildman–Crippen MR) is 79.0 cm³/mol. The Morgan fingerprint density at radius 1 is 1.30 bits per heavy atom. The Bertz CT molecular complexity index is 527. The quantitative estimate of drug-likeness (QED) is 0.856. The number of nitrogens with zero attached hydrogens (tertiary/aromatic N) is 3. The summed E-state index contributed by atoms with van der Waals surface area (Å²) in [5, 5.41) is 0. The molecule has 0 spiro atoms. The highest BCUT2D eigenvalue weighted by Crippen LogP contribution is 2.16.